The van der Waals surface area contributed by atoms with Gasteiger partial charge in [-0.05, 0) is 33.9 Å². The SMILES string of the molecule is CCCCCOc1cc(N=[N+]=[N-])c([N+](=O)[O-])cc1Br. The number of hydrogen-bond acceptors (Lipinski definition) is 4. The minimum atomic E-state index is -0.602. The maximum Gasteiger partial charge on any atom is 0.280 e. The third-order valence-corrected chi connectivity index (χ3v) is 3.00. The van der Waals surface area contributed by atoms with Crippen molar-refractivity contribution in [2.75, 3.05) is 6.61 Å². The Morgan fingerprint density at radius 3 is 2.84 bits per heavy atom. The van der Waals surface area contributed by atoms with E-state index in [-0.39, 0.29) is 11.4 Å². The van der Waals surface area contributed by atoms with E-state index in [1.165, 1.54) is 12.1 Å². The van der Waals surface area contributed by atoms with E-state index in [9.17, 15) is 10.1 Å². The van der Waals surface area contributed by atoms with E-state index in [4.69, 9.17) is 10.3 Å². The first kappa shape index (κ1) is 15.3. The van der Waals surface area contributed by atoms with Gasteiger partial charge in [-0.15, -0.1) is 0 Å². The fourth-order valence-corrected chi connectivity index (χ4v) is 1.90. The molecule has 0 atom stereocenters. The van der Waals surface area contributed by atoms with Gasteiger partial charge in [-0.2, -0.15) is 0 Å². The van der Waals surface area contributed by atoms with Crippen LogP contribution in [-0.2, 0) is 0 Å². The summed E-state index contributed by atoms with van der Waals surface area (Å²) in [6.45, 7) is 2.60. The normalized spacial score (nSPS) is 9.79. The number of ether oxygens (including phenoxy) is 1. The molecule has 0 aliphatic carbocycles. The lowest BCUT2D eigenvalue weighted by molar-refractivity contribution is -0.384. The number of azide groups is 1. The van der Waals surface area contributed by atoms with Gasteiger partial charge in [0.05, 0.1) is 16.0 Å². The van der Waals surface area contributed by atoms with Gasteiger partial charge in [0.15, 0.2) is 0 Å². The minimum absolute atomic E-state index is 0.0545. The predicted octanol–water partition coefficient (Wildman–Crippen LogP) is 4.87. The Hall–Kier alpha value is -1.79. The molecule has 0 saturated carbocycles. The molecule has 0 unspecified atom stereocenters. The van der Waals surface area contributed by atoms with Crippen LogP contribution in [0.2, 0.25) is 0 Å². The van der Waals surface area contributed by atoms with Crippen molar-refractivity contribution < 1.29 is 9.66 Å². The van der Waals surface area contributed by atoms with Crippen LogP contribution in [0.5, 0.6) is 5.75 Å². The summed E-state index contributed by atoms with van der Waals surface area (Å²) in [5.41, 5.74) is 8.10. The van der Waals surface area contributed by atoms with Crippen molar-refractivity contribution in [3.8, 4) is 5.75 Å². The molecule has 7 nitrogen and oxygen atoms in total. The summed E-state index contributed by atoms with van der Waals surface area (Å²) in [5.74, 6) is 0.434. The fourth-order valence-electron chi connectivity index (χ4n) is 1.45. The van der Waals surface area contributed by atoms with E-state index < -0.39 is 4.92 Å². The Kier molecular flexibility index (Phi) is 6.11. The van der Waals surface area contributed by atoms with Gasteiger partial charge in [0.25, 0.3) is 5.69 Å². The predicted molar refractivity (Wildman–Crippen MR) is 74.6 cm³/mol. The number of halogens is 1. The summed E-state index contributed by atoms with van der Waals surface area (Å²) in [5, 5.41) is 14.1. The molecule has 0 bridgehead atoms. The highest BCUT2D eigenvalue weighted by Gasteiger charge is 2.17. The van der Waals surface area contributed by atoms with E-state index >= 15 is 0 Å². The van der Waals surface area contributed by atoms with E-state index in [1.54, 1.807) is 0 Å². The van der Waals surface area contributed by atoms with Crippen LogP contribution in [0, 0.1) is 10.1 Å². The maximum absolute atomic E-state index is 10.8. The average Bonchev–Trinajstić information content (AvgIpc) is 2.37. The summed E-state index contributed by atoms with van der Waals surface area (Å²) in [7, 11) is 0. The Morgan fingerprint density at radius 2 is 2.26 bits per heavy atom. The van der Waals surface area contributed by atoms with Gasteiger partial charge >= 0.3 is 0 Å². The van der Waals surface area contributed by atoms with Crippen molar-refractivity contribution >= 4 is 27.3 Å². The van der Waals surface area contributed by atoms with Crippen molar-refractivity contribution in [2.24, 2.45) is 5.11 Å². The van der Waals surface area contributed by atoms with Crippen LogP contribution < -0.4 is 4.74 Å². The van der Waals surface area contributed by atoms with E-state index in [0.717, 1.165) is 19.3 Å². The maximum atomic E-state index is 10.8. The molecule has 0 amide bonds. The quantitative estimate of drug-likeness (QED) is 0.178. The Balaban J connectivity index is 2.97. The Labute approximate surface area is 118 Å². The number of unbranched alkanes of at least 4 members (excludes halogenated alkanes) is 2. The van der Waals surface area contributed by atoms with E-state index in [0.29, 0.717) is 16.8 Å². The van der Waals surface area contributed by atoms with Crippen molar-refractivity contribution in [1.82, 2.24) is 0 Å². The Bertz CT molecular complexity index is 515. The smallest absolute Gasteiger partial charge is 0.280 e. The largest absolute Gasteiger partial charge is 0.492 e. The third kappa shape index (κ3) is 4.42. The van der Waals surface area contributed by atoms with Crippen molar-refractivity contribution in [1.29, 1.82) is 0 Å². The van der Waals surface area contributed by atoms with Crippen LogP contribution in [0.3, 0.4) is 0 Å². The van der Waals surface area contributed by atoms with E-state index in [1.807, 2.05) is 0 Å². The molecule has 19 heavy (non-hydrogen) atoms. The zero-order chi connectivity index (χ0) is 14.3. The number of nitro benzene ring substituents is 1. The number of nitro groups is 1. The fraction of sp³-hybridized carbons (Fsp3) is 0.455. The molecule has 0 aliphatic rings. The average molecular weight is 329 g/mol. The second kappa shape index (κ2) is 7.60. The summed E-state index contributed by atoms with van der Waals surface area (Å²) in [4.78, 5) is 12.8. The zero-order valence-corrected chi connectivity index (χ0v) is 12.0. The molecule has 0 aromatic heterocycles. The summed E-state index contributed by atoms with van der Waals surface area (Å²) < 4.78 is 5.97. The van der Waals surface area contributed by atoms with Crippen molar-refractivity contribution in [3.63, 3.8) is 0 Å². The highest BCUT2D eigenvalue weighted by molar-refractivity contribution is 9.10. The first-order valence-corrected chi connectivity index (χ1v) is 6.55. The molecule has 0 N–H and O–H groups in total. The van der Waals surface area contributed by atoms with Gasteiger partial charge in [0.2, 0.25) is 0 Å². The summed E-state index contributed by atoms with van der Waals surface area (Å²) in [6.07, 6.45) is 3.03. The topological polar surface area (TPSA) is 101 Å². The van der Waals surface area contributed by atoms with Crippen molar-refractivity contribution in [3.05, 3.63) is 37.2 Å². The van der Waals surface area contributed by atoms with Crippen LogP contribution in [0.15, 0.2) is 21.7 Å². The molecule has 0 heterocycles. The van der Waals surface area contributed by atoms with Crippen LogP contribution >= 0.6 is 15.9 Å². The van der Waals surface area contributed by atoms with Gasteiger partial charge in [-0.1, -0.05) is 24.9 Å². The lowest BCUT2D eigenvalue weighted by atomic mass is 10.2. The van der Waals surface area contributed by atoms with Crippen molar-refractivity contribution in [2.45, 2.75) is 26.2 Å². The molecule has 102 valence electrons. The molecule has 1 aromatic rings. The molecule has 0 fully saturated rings. The van der Waals surface area contributed by atoms with E-state index in [2.05, 4.69) is 32.9 Å². The first-order chi connectivity index (χ1) is 9.10. The number of benzene rings is 1. The van der Waals surface area contributed by atoms with Crippen LogP contribution in [0.25, 0.3) is 10.4 Å². The van der Waals surface area contributed by atoms with Gasteiger partial charge in [-0.25, -0.2) is 0 Å². The van der Waals surface area contributed by atoms with Gasteiger partial charge in [0, 0.05) is 11.0 Å². The highest BCUT2D eigenvalue weighted by Crippen LogP contribution is 2.37. The molecular weight excluding hydrogens is 316 g/mol. The Morgan fingerprint density at radius 1 is 1.53 bits per heavy atom. The molecule has 0 spiro atoms. The summed E-state index contributed by atoms with van der Waals surface area (Å²) in [6, 6.07) is 2.65. The third-order valence-electron chi connectivity index (χ3n) is 2.38. The molecule has 1 rings (SSSR count). The minimum Gasteiger partial charge on any atom is -0.492 e. The highest BCUT2D eigenvalue weighted by atomic mass is 79.9. The monoisotopic (exact) mass is 328 g/mol. The second-order valence-corrected chi connectivity index (χ2v) is 4.63. The molecule has 8 heteroatoms. The van der Waals surface area contributed by atoms with Gasteiger partial charge < -0.3 is 4.74 Å². The lowest BCUT2D eigenvalue weighted by Crippen LogP contribution is -1.98. The van der Waals surface area contributed by atoms with Gasteiger partial charge in [-0.3, -0.25) is 10.1 Å². The molecule has 0 saturated heterocycles. The summed E-state index contributed by atoms with van der Waals surface area (Å²) >= 11 is 3.21. The standard InChI is InChI=1S/C11H13BrN4O3/c1-2-3-4-5-19-11-7-9(14-15-13)10(16(17)18)6-8(11)12/h6-7H,2-5H2,1H3. The van der Waals surface area contributed by atoms with Crippen LogP contribution in [0.4, 0.5) is 11.4 Å². The number of hydrogen-bond donors (Lipinski definition) is 0. The molecule has 0 radical (unpaired) electrons. The molecule has 0 aliphatic heterocycles. The molecule has 1 aromatic carbocycles. The second-order valence-electron chi connectivity index (χ2n) is 3.77. The lowest BCUT2D eigenvalue weighted by Gasteiger charge is -2.08. The number of nitrogens with zero attached hydrogens (tertiary/aromatic N) is 4. The van der Waals surface area contributed by atoms with Crippen LogP contribution in [-0.4, -0.2) is 11.5 Å². The molecular formula is C11H13BrN4O3. The first-order valence-electron chi connectivity index (χ1n) is 5.76. The van der Waals surface area contributed by atoms with Gasteiger partial charge in [0.1, 0.15) is 11.4 Å². The zero-order valence-electron chi connectivity index (χ0n) is 10.4. The van der Waals surface area contributed by atoms with Crippen LogP contribution in [0.1, 0.15) is 26.2 Å². The number of rotatable bonds is 7.